The van der Waals surface area contributed by atoms with Gasteiger partial charge in [0.1, 0.15) is 12.1 Å². The van der Waals surface area contributed by atoms with Crippen LogP contribution in [0.25, 0.3) is 11.0 Å². The lowest BCUT2D eigenvalue weighted by atomic mass is 10.1. The van der Waals surface area contributed by atoms with Crippen molar-refractivity contribution in [3.63, 3.8) is 0 Å². The highest BCUT2D eigenvalue weighted by Gasteiger charge is 2.16. The van der Waals surface area contributed by atoms with E-state index in [1.807, 2.05) is 24.3 Å². The topological polar surface area (TPSA) is 110 Å². The SMILES string of the molecule is C/C(=N/NC(=O)Cn1nnc2ccccc21)c1ccc(S(=O)(=O)N(C)C)cc1. The molecular weight excluding hydrogens is 380 g/mol. The first-order chi connectivity index (χ1) is 13.3. The Morgan fingerprint density at radius 1 is 1.14 bits per heavy atom. The molecule has 0 saturated carbocycles. The lowest BCUT2D eigenvalue weighted by Gasteiger charge is -2.11. The van der Waals surface area contributed by atoms with Crippen LogP contribution in [0.15, 0.2) is 58.5 Å². The molecule has 3 rings (SSSR count). The van der Waals surface area contributed by atoms with Crippen molar-refractivity contribution in [3.05, 3.63) is 54.1 Å². The fourth-order valence-corrected chi connectivity index (χ4v) is 3.40. The van der Waals surface area contributed by atoms with Gasteiger partial charge >= 0.3 is 0 Å². The first-order valence-electron chi connectivity index (χ1n) is 8.43. The molecule has 9 nitrogen and oxygen atoms in total. The van der Waals surface area contributed by atoms with Crippen LogP contribution >= 0.6 is 0 Å². The predicted octanol–water partition coefficient (Wildman–Crippen LogP) is 1.22. The minimum Gasteiger partial charge on any atom is -0.271 e. The molecule has 0 saturated heterocycles. The Labute approximate surface area is 162 Å². The molecule has 0 fully saturated rings. The first-order valence-corrected chi connectivity index (χ1v) is 9.87. The molecule has 146 valence electrons. The molecule has 28 heavy (non-hydrogen) atoms. The number of carbonyl (C=O) groups is 1. The standard InChI is InChI=1S/C18H20N6O3S/c1-13(14-8-10-15(11-9-14)28(26,27)23(2)3)19-21-18(25)12-24-17-7-5-4-6-16(17)20-22-24/h4-11H,12H2,1-3H3,(H,21,25)/b19-13-. The summed E-state index contributed by atoms with van der Waals surface area (Å²) in [6.45, 7) is 1.71. The van der Waals surface area contributed by atoms with E-state index in [0.717, 1.165) is 9.82 Å². The van der Waals surface area contributed by atoms with Crippen molar-refractivity contribution in [2.24, 2.45) is 5.10 Å². The molecule has 0 aliphatic carbocycles. The molecule has 1 aromatic heterocycles. The number of hydrogen-bond donors (Lipinski definition) is 1. The van der Waals surface area contributed by atoms with Gasteiger partial charge in [-0.15, -0.1) is 5.10 Å². The Hall–Kier alpha value is -3.11. The van der Waals surface area contributed by atoms with E-state index in [4.69, 9.17) is 0 Å². The second-order valence-corrected chi connectivity index (χ2v) is 8.43. The van der Waals surface area contributed by atoms with E-state index in [0.29, 0.717) is 16.8 Å². The number of rotatable bonds is 6. The van der Waals surface area contributed by atoms with Crippen molar-refractivity contribution in [1.29, 1.82) is 0 Å². The number of fused-ring (bicyclic) bond motifs is 1. The summed E-state index contributed by atoms with van der Waals surface area (Å²) >= 11 is 0. The number of sulfonamides is 1. The van der Waals surface area contributed by atoms with Gasteiger partial charge in [-0.3, -0.25) is 4.79 Å². The van der Waals surface area contributed by atoms with E-state index >= 15 is 0 Å². The highest BCUT2D eigenvalue weighted by molar-refractivity contribution is 7.89. The molecule has 0 bridgehead atoms. The minimum absolute atomic E-state index is 0.0166. The van der Waals surface area contributed by atoms with Crippen molar-refractivity contribution >= 4 is 32.7 Å². The Balaban J connectivity index is 1.67. The van der Waals surface area contributed by atoms with Crippen molar-refractivity contribution < 1.29 is 13.2 Å². The van der Waals surface area contributed by atoms with Crippen molar-refractivity contribution in [1.82, 2.24) is 24.7 Å². The van der Waals surface area contributed by atoms with Crippen LogP contribution in [-0.4, -0.2) is 53.4 Å². The van der Waals surface area contributed by atoms with Crippen LogP contribution in [-0.2, 0) is 21.4 Å². The average Bonchev–Trinajstić information content (AvgIpc) is 3.09. The van der Waals surface area contributed by atoms with E-state index in [2.05, 4.69) is 20.8 Å². The van der Waals surface area contributed by atoms with Gasteiger partial charge in [0.2, 0.25) is 10.0 Å². The zero-order valence-corrected chi connectivity index (χ0v) is 16.5. The van der Waals surface area contributed by atoms with Crippen molar-refractivity contribution in [3.8, 4) is 0 Å². The second kappa shape index (κ2) is 7.87. The number of nitrogens with zero attached hydrogens (tertiary/aromatic N) is 5. The largest absolute Gasteiger partial charge is 0.271 e. The van der Waals surface area contributed by atoms with Gasteiger partial charge in [-0.05, 0) is 36.8 Å². The third-order valence-electron chi connectivity index (χ3n) is 4.11. The summed E-state index contributed by atoms with van der Waals surface area (Å²) in [6, 6.07) is 13.7. The molecule has 10 heteroatoms. The van der Waals surface area contributed by atoms with Crippen LogP contribution in [0, 0.1) is 0 Å². The summed E-state index contributed by atoms with van der Waals surface area (Å²) in [5.74, 6) is -0.346. The number of nitrogens with one attached hydrogen (secondary N) is 1. The van der Waals surface area contributed by atoms with E-state index in [9.17, 15) is 13.2 Å². The zero-order valence-electron chi connectivity index (χ0n) is 15.7. The Morgan fingerprint density at radius 2 is 1.82 bits per heavy atom. The van der Waals surface area contributed by atoms with Gasteiger partial charge in [0.05, 0.1) is 16.1 Å². The maximum Gasteiger partial charge on any atom is 0.261 e. The molecule has 2 aromatic carbocycles. The third kappa shape index (κ3) is 4.07. The number of hydrazone groups is 1. The van der Waals surface area contributed by atoms with Crippen LogP contribution in [0.1, 0.15) is 12.5 Å². The average molecular weight is 400 g/mol. The highest BCUT2D eigenvalue weighted by Crippen LogP contribution is 2.14. The zero-order chi connectivity index (χ0) is 20.3. The molecule has 0 aliphatic heterocycles. The summed E-state index contributed by atoms with van der Waals surface area (Å²) in [5, 5.41) is 12.0. The van der Waals surface area contributed by atoms with Crippen LogP contribution in [0.3, 0.4) is 0 Å². The Kier molecular flexibility index (Phi) is 5.52. The van der Waals surface area contributed by atoms with Crippen LogP contribution in [0.5, 0.6) is 0 Å². The molecule has 1 amide bonds. The molecule has 0 aliphatic rings. The quantitative estimate of drug-likeness (QED) is 0.494. The Bertz CT molecular complexity index is 1130. The summed E-state index contributed by atoms with van der Waals surface area (Å²) in [7, 11) is -0.532. The normalized spacial score (nSPS) is 12.5. The van der Waals surface area contributed by atoms with E-state index in [1.54, 1.807) is 19.1 Å². The fraction of sp³-hybridized carbons (Fsp3) is 0.222. The molecular formula is C18H20N6O3S. The smallest absolute Gasteiger partial charge is 0.261 e. The molecule has 0 spiro atoms. The number of aromatic nitrogens is 3. The van der Waals surface area contributed by atoms with Crippen LogP contribution in [0.4, 0.5) is 0 Å². The number of benzene rings is 2. The molecule has 1 N–H and O–H groups in total. The van der Waals surface area contributed by atoms with Gasteiger partial charge in [0.25, 0.3) is 5.91 Å². The first kappa shape index (κ1) is 19.6. The summed E-state index contributed by atoms with van der Waals surface area (Å²) in [4.78, 5) is 12.3. The van der Waals surface area contributed by atoms with Gasteiger partial charge in [-0.2, -0.15) is 5.10 Å². The van der Waals surface area contributed by atoms with Crippen LogP contribution < -0.4 is 5.43 Å². The molecule has 0 atom stereocenters. The second-order valence-electron chi connectivity index (χ2n) is 6.28. The number of hydrogen-bond acceptors (Lipinski definition) is 6. The van der Waals surface area contributed by atoms with Crippen molar-refractivity contribution in [2.75, 3.05) is 14.1 Å². The van der Waals surface area contributed by atoms with E-state index in [-0.39, 0.29) is 17.3 Å². The van der Waals surface area contributed by atoms with Gasteiger partial charge in [0, 0.05) is 14.1 Å². The summed E-state index contributed by atoms with van der Waals surface area (Å²) in [6.07, 6.45) is 0. The third-order valence-corrected chi connectivity index (χ3v) is 5.94. The maximum atomic E-state index is 12.2. The fourth-order valence-electron chi connectivity index (χ4n) is 2.50. The van der Waals surface area contributed by atoms with Gasteiger partial charge in [-0.25, -0.2) is 22.8 Å². The number of amides is 1. The monoisotopic (exact) mass is 400 g/mol. The number of carbonyl (C=O) groups excluding carboxylic acids is 1. The van der Waals surface area contributed by atoms with Crippen molar-refractivity contribution in [2.45, 2.75) is 18.4 Å². The Morgan fingerprint density at radius 3 is 2.50 bits per heavy atom. The summed E-state index contributed by atoms with van der Waals surface area (Å²) in [5.41, 5.74) is 5.20. The molecule has 0 radical (unpaired) electrons. The highest BCUT2D eigenvalue weighted by atomic mass is 32.2. The molecule has 3 aromatic rings. The predicted molar refractivity (Wildman–Crippen MR) is 105 cm³/mol. The van der Waals surface area contributed by atoms with Gasteiger partial charge in [-0.1, -0.05) is 29.5 Å². The van der Waals surface area contributed by atoms with Crippen LogP contribution in [0.2, 0.25) is 0 Å². The lowest BCUT2D eigenvalue weighted by molar-refractivity contribution is -0.121. The van der Waals surface area contributed by atoms with E-state index in [1.165, 1.54) is 30.9 Å². The maximum absolute atomic E-state index is 12.2. The minimum atomic E-state index is -3.48. The lowest BCUT2D eigenvalue weighted by Crippen LogP contribution is -2.25. The van der Waals surface area contributed by atoms with Gasteiger partial charge in [0.15, 0.2) is 0 Å². The van der Waals surface area contributed by atoms with E-state index < -0.39 is 10.0 Å². The number of para-hydroxylation sites is 1. The summed E-state index contributed by atoms with van der Waals surface area (Å²) < 4.78 is 26.8. The molecule has 0 unspecified atom stereocenters. The molecule has 1 heterocycles. The van der Waals surface area contributed by atoms with Gasteiger partial charge < -0.3 is 0 Å².